The minimum absolute atomic E-state index is 0.381. The van der Waals surface area contributed by atoms with Crippen LogP contribution in [0.25, 0.3) is 11.4 Å². The summed E-state index contributed by atoms with van der Waals surface area (Å²) in [5, 5.41) is 3.48. The molecule has 0 aliphatic carbocycles. The van der Waals surface area contributed by atoms with Crippen LogP contribution in [0.1, 0.15) is 16.8 Å². The van der Waals surface area contributed by atoms with Crippen LogP contribution < -0.4 is 0 Å². The largest absolute Gasteiger partial charge is 0.337 e. The van der Waals surface area contributed by atoms with Crippen LogP contribution in [-0.4, -0.2) is 15.1 Å². The van der Waals surface area contributed by atoms with E-state index in [1.54, 1.807) is 12.4 Å². The Labute approximate surface area is 115 Å². The topological polar surface area (TPSA) is 51.8 Å². The van der Waals surface area contributed by atoms with E-state index >= 15 is 0 Å². The molecule has 1 atom stereocenters. The van der Waals surface area contributed by atoms with Gasteiger partial charge in [0.2, 0.25) is 11.7 Å². The molecular formula is C14H10ClN3O. The van der Waals surface area contributed by atoms with Gasteiger partial charge in [0.05, 0.1) is 0 Å². The Bertz CT molecular complexity index is 655. The maximum atomic E-state index is 6.32. The van der Waals surface area contributed by atoms with Gasteiger partial charge in [0.1, 0.15) is 5.38 Å². The summed E-state index contributed by atoms with van der Waals surface area (Å²) in [5.74, 6) is 0.872. The van der Waals surface area contributed by atoms with Crippen molar-refractivity contribution in [1.29, 1.82) is 0 Å². The summed E-state index contributed by atoms with van der Waals surface area (Å²) in [6.45, 7) is 0. The van der Waals surface area contributed by atoms with E-state index in [-0.39, 0.29) is 0 Å². The number of hydrogen-bond acceptors (Lipinski definition) is 4. The highest BCUT2D eigenvalue weighted by atomic mass is 35.5. The molecule has 0 aliphatic heterocycles. The lowest BCUT2D eigenvalue weighted by molar-refractivity contribution is 0.383. The molecule has 1 unspecified atom stereocenters. The first-order valence-corrected chi connectivity index (χ1v) is 6.21. The van der Waals surface area contributed by atoms with Gasteiger partial charge in [-0.1, -0.05) is 35.5 Å². The molecule has 94 valence electrons. The number of pyridine rings is 1. The molecule has 0 saturated heterocycles. The minimum atomic E-state index is -0.445. The molecular weight excluding hydrogens is 262 g/mol. The highest BCUT2D eigenvalue weighted by Gasteiger charge is 2.18. The van der Waals surface area contributed by atoms with Crippen LogP contribution in [0.3, 0.4) is 0 Å². The van der Waals surface area contributed by atoms with Crippen molar-refractivity contribution in [2.45, 2.75) is 5.38 Å². The molecule has 0 N–H and O–H groups in total. The third kappa shape index (κ3) is 2.48. The van der Waals surface area contributed by atoms with Crippen molar-refractivity contribution in [2.75, 3.05) is 0 Å². The molecule has 0 saturated carbocycles. The molecule has 0 amide bonds. The van der Waals surface area contributed by atoms with Crippen molar-refractivity contribution in [3.05, 3.63) is 66.3 Å². The van der Waals surface area contributed by atoms with Gasteiger partial charge in [-0.15, -0.1) is 11.6 Å². The lowest BCUT2D eigenvalue weighted by Gasteiger charge is -2.03. The Hall–Kier alpha value is -2.20. The third-order valence-electron chi connectivity index (χ3n) is 2.67. The van der Waals surface area contributed by atoms with Crippen molar-refractivity contribution < 1.29 is 4.52 Å². The van der Waals surface area contributed by atoms with Gasteiger partial charge in [0.15, 0.2) is 0 Å². The Morgan fingerprint density at radius 3 is 2.63 bits per heavy atom. The molecule has 3 rings (SSSR count). The number of hydrogen-bond donors (Lipinski definition) is 0. The zero-order valence-corrected chi connectivity index (χ0v) is 10.7. The molecule has 2 aromatic heterocycles. The van der Waals surface area contributed by atoms with E-state index in [0.717, 1.165) is 11.1 Å². The van der Waals surface area contributed by atoms with Crippen LogP contribution in [0, 0.1) is 0 Å². The van der Waals surface area contributed by atoms with Crippen molar-refractivity contribution in [3.63, 3.8) is 0 Å². The summed E-state index contributed by atoms with van der Waals surface area (Å²) in [5.41, 5.74) is 1.72. The first kappa shape index (κ1) is 11.9. The predicted molar refractivity (Wildman–Crippen MR) is 71.7 cm³/mol. The van der Waals surface area contributed by atoms with E-state index in [2.05, 4.69) is 15.1 Å². The fraction of sp³-hybridized carbons (Fsp3) is 0.0714. The molecule has 4 nitrogen and oxygen atoms in total. The smallest absolute Gasteiger partial charge is 0.249 e. The van der Waals surface area contributed by atoms with E-state index in [1.165, 1.54) is 0 Å². The second-order valence-corrected chi connectivity index (χ2v) is 4.41. The first-order valence-electron chi connectivity index (χ1n) is 5.77. The minimum Gasteiger partial charge on any atom is -0.337 e. The second kappa shape index (κ2) is 5.20. The van der Waals surface area contributed by atoms with Crippen LogP contribution in [0.4, 0.5) is 0 Å². The van der Waals surface area contributed by atoms with Gasteiger partial charge in [-0.2, -0.15) is 4.98 Å². The zero-order valence-electron chi connectivity index (χ0n) is 9.90. The maximum absolute atomic E-state index is 6.32. The number of benzene rings is 1. The lowest BCUT2D eigenvalue weighted by Crippen LogP contribution is -1.93. The fourth-order valence-corrected chi connectivity index (χ4v) is 1.95. The summed E-state index contributed by atoms with van der Waals surface area (Å²) in [7, 11) is 0. The van der Waals surface area contributed by atoms with Crippen LogP contribution in [0.2, 0.25) is 0 Å². The number of aromatic nitrogens is 3. The number of rotatable bonds is 3. The van der Waals surface area contributed by atoms with Gasteiger partial charge in [0.25, 0.3) is 0 Å². The Balaban J connectivity index is 1.90. The summed E-state index contributed by atoms with van der Waals surface area (Å²) in [6, 6.07) is 13.3. The van der Waals surface area contributed by atoms with E-state index in [1.807, 2.05) is 42.5 Å². The number of halogens is 1. The molecule has 3 aromatic rings. The zero-order chi connectivity index (χ0) is 13.1. The average Bonchev–Trinajstić information content (AvgIpc) is 2.98. The molecule has 5 heteroatoms. The maximum Gasteiger partial charge on any atom is 0.249 e. The first-order chi connectivity index (χ1) is 9.34. The van der Waals surface area contributed by atoms with Crippen molar-refractivity contribution in [1.82, 2.24) is 15.1 Å². The predicted octanol–water partition coefficient (Wildman–Crippen LogP) is 3.46. The van der Waals surface area contributed by atoms with Crippen molar-refractivity contribution in [2.24, 2.45) is 0 Å². The molecule has 19 heavy (non-hydrogen) atoms. The normalized spacial score (nSPS) is 12.3. The van der Waals surface area contributed by atoms with Crippen LogP contribution in [-0.2, 0) is 0 Å². The highest BCUT2D eigenvalue weighted by molar-refractivity contribution is 6.22. The SMILES string of the molecule is ClC(c1ccccc1)c1nc(-c2cccnc2)no1. The molecule has 2 heterocycles. The highest BCUT2D eigenvalue weighted by Crippen LogP contribution is 2.28. The van der Waals surface area contributed by atoms with E-state index in [0.29, 0.717) is 11.7 Å². The van der Waals surface area contributed by atoms with E-state index < -0.39 is 5.38 Å². The quantitative estimate of drug-likeness (QED) is 0.685. The number of nitrogens with zero attached hydrogens (tertiary/aromatic N) is 3. The fourth-order valence-electron chi connectivity index (χ4n) is 1.72. The average molecular weight is 272 g/mol. The van der Waals surface area contributed by atoms with Crippen molar-refractivity contribution in [3.8, 4) is 11.4 Å². The molecule has 0 radical (unpaired) electrons. The molecule has 0 bridgehead atoms. The summed E-state index contributed by atoms with van der Waals surface area (Å²) in [6.07, 6.45) is 3.37. The Morgan fingerprint density at radius 1 is 1.05 bits per heavy atom. The molecule has 0 aliphatic rings. The summed E-state index contributed by atoms with van der Waals surface area (Å²) >= 11 is 6.32. The summed E-state index contributed by atoms with van der Waals surface area (Å²) < 4.78 is 5.21. The second-order valence-electron chi connectivity index (χ2n) is 3.97. The van der Waals surface area contributed by atoms with E-state index in [9.17, 15) is 0 Å². The van der Waals surface area contributed by atoms with Gasteiger partial charge in [-0.25, -0.2) is 0 Å². The van der Waals surface area contributed by atoms with Crippen LogP contribution >= 0.6 is 11.6 Å². The molecule has 0 spiro atoms. The Kier molecular flexibility index (Phi) is 3.25. The van der Waals surface area contributed by atoms with E-state index in [4.69, 9.17) is 16.1 Å². The number of alkyl halides is 1. The van der Waals surface area contributed by atoms with Crippen LogP contribution in [0.15, 0.2) is 59.4 Å². The Morgan fingerprint density at radius 2 is 1.89 bits per heavy atom. The third-order valence-corrected chi connectivity index (χ3v) is 3.11. The van der Waals surface area contributed by atoms with Crippen molar-refractivity contribution >= 4 is 11.6 Å². The van der Waals surface area contributed by atoms with Gasteiger partial charge in [0, 0.05) is 18.0 Å². The van der Waals surface area contributed by atoms with Gasteiger partial charge in [-0.05, 0) is 17.7 Å². The molecule has 1 aromatic carbocycles. The monoisotopic (exact) mass is 271 g/mol. The van der Waals surface area contributed by atoms with Crippen LogP contribution in [0.5, 0.6) is 0 Å². The van der Waals surface area contributed by atoms with Gasteiger partial charge >= 0.3 is 0 Å². The standard InChI is InChI=1S/C14H10ClN3O/c15-12(10-5-2-1-3-6-10)14-17-13(18-19-14)11-7-4-8-16-9-11/h1-9,12H. The van der Waals surface area contributed by atoms with Gasteiger partial charge < -0.3 is 4.52 Å². The lowest BCUT2D eigenvalue weighted by atomic mass is 10.1. The summed E-state index contributed by atoms with van der Waals surface area (Å²) in [4.78, 5) is 8.33. The molecule has 0 fully saturated rings. The van der Waals surface area contributed by atoms with Gasteiger partial charge in [-0.3, -0.25) is 4.98 Å².